The van der Waals surface area contributed by atoms with Crippen molar-refractivity contribution in [3.05, 3.63) is 29.0 Å². The summed E-state index contributed by atoms with van der Waals surface area (Å²) in [7, 11) is 1.45. The molecule has 0 unspecified atom stereocenters. The van der Waals surface area contributed by atoms with E-state index < -0.39 is 0 Å². The molecular formula is C7H3ClINS. The van der Waals surface area contributed by atoms with Gasteiger partial charge in [-0.15, -0.1) is 0 Å². The Morgan fingerprint density at radius 2 is 2.36 bits per heavy atom. The van der Waals surface area contributed by atoms with Crippen LogP contribution in [0.2, 0.25) is 5.15 Å². The van der Waals surface area contributed by atoms with Crippen molar-refractivity contribution in [1.82, 2.24) is 4.98 Å². The second-order valence-electron chi connectivity index (χ2n) is 1.67. The van der Waals surface area contributed by atoms with Crippen LogP contribution in [0.25, 0.3) is 0 Å². The van der Waals surface area contributed by atoms with E-state index >= 15 is 0 Å². The summed E-state index contributed by atoms with van der Waals surface area (Å²) in [4.78, 5) is 3.88. The average Bonchev–Trinajstić information content (AvgIpc) is 2.04. The number of aromatic nitrogens is 1. The first kappa shape index (κ1) is 9.17. The Bertz CT molecular complexity index is 288. The van der Waals surface area contributed by atoms with Crippen LogP contribution >= 0.6 is 41.7 Å². The summed E-state index contributed by atoms with van der Waals surface area (Å²) >= 11 is 7.70. The smallest absolute Gasteiger partial charge is 0.129 e. The average molecular weight is 296 g/mol. The van der Waals surface area contributed by atoms with Crippen LogP contribution in [0, 0.1) is 11.2 Å². The molecule has 1 aromatic rings. The van der Waals surface area contributed by atoms with Crippen LogP contribution in [0.3, 0.4) is 0 Å². The Morgan fingerprint density at radius 1 is 1.55 bits per heavy atom. The van der Waals surface area contributed by atoms with Gasteiger partial charge in [-0.3, -0.25) is 0 Å². The molecule has 1 nitrogen and oxygen atoms in total. The first-order chi connectivity index (χ1) is 5.33. The minimum absolute atomic E-state index is 0.498. The Hall–Kier alpha value is 0.0800. The number of pyridine rings is 1. The van der Waals surface area contributed by atoms with Gasteiger partial charge in [-0.05, 0) is 26.3 Å². The van der Waals surface area contributed by atoms with Crippen molar-refractivity contribution in [3.63, 3.8) is 0 Å². The molecule has 56 valence electrons. The highest BCUT2D eigenvalue weighted by molar-refractivity contribution is 14.2. The lowest BCUT2D eigenvalue weighted by Crippen LogP contribution is -1.76. The van der Waals surface area contributed by atoms with E-state index in [2.05, 4.69) is 37.4 Å². The van der Waals surface area contributed by atoms with Gasteiger partial charge in [0.25, 0.3) is 0 Å². The Labute approximate surface area is 86.5 Å². The van der Waals surface area contributed by atoms with E-state index in [1.807, 2.05) is 6.07 Å². The molecule has 0 amide bonds. The maximum Gasteiger partial charge on any atom is 0.129 e. The fraction of sp³-hybridized carbons (Fsp3) is 0. The van der Waals surface area contributed by atoms with Crippen molar-refractivity contribution in [3.8, 4) is 11.2 Å². The molecule has 0 spiro atoms. The van der Waals surface area contributed by atoms with E-state index in [4.69, 9.17) is 11.6 Å². The molecule has 0 N–H and O–H groups in total. The van der Waals surface area contributed by atoms with Crippen LogP contribution in [0.15, 0.2) is 18.3 Å². The van der Waals surface area contributed by atoms with Crippen molar-refractivity contribution in [1.29, 1.82) is 0 Å². The number of hydrogen-bond acceptors (Lipinski definition) is 2. The molecule has 4 heteroatoms. The zero-order valence-corrected chi connectivity index (χ0v) is 9.07. The van der Waals surface area contributed by atoms with Gasteiger partial charge in [-0.1, -0.05) is 17.5 Å². The molecule has 0 saturated carbocycles. The van der Waals surface area contributed by atoms with E-state index in [-0.39, 0.29) is 0 Å². The van der Waals surface area contributed by atoms with E-state index in [0.29, 0.717) is 5.15 Å². The van der Waals surface area contributed by atoms with Gasteiger partial charge in [-0.25, -0.2) is 4.98 Å². The van der Waals surface area contributed by atoms with Gasteiger partial charge in [0, 0.05) is 33.0 Å². The van der Waals surface area contributed by atoms with Crippen LogP contribution < -0.4 is 0 Å². The monoisotopic (exact) mass is 295 g/mol. The van der Waals surface area contributed by atoms with Gasteiger partial charge in [0.05, 0.1) is 0 Å². The highest BCUT2D eigenvalue weighted by Gasteiger charge is 1.87. The van der Waals surface area contributed by atoms with E-state index in [9.17, 15) is 0 Å². The summed E-state index contributed by atoms with van der Waals surface area (Å²) in [6.07, 6.45) is 1.65. The second-order valence-corrected chi connectivity index (χ2v) is 3.74. The topological polar surface area (TPSA) is 12.9 Å². The highest BCUT2D eigenvalue weighted by atomic mass is 127. The maximum absolute atomic E-state index is 5.58. The normalized spacial score (nSPS) is 8.55. The van der Waals surface area contributed by atoms with Crippen LogP contribution in [0.5, 0.6) is 0 Å². The molecule has 0 aliphatic heterocycles. The quantitative estimate of drug-likeness (QED) is 0.414. The summed E-state index contributed by atoms with van der Waals surface area (Å²) in [6.45, 7) is 0. The van der Waals surface area contributed by atoms with E-state index in [0.717, 1.165) is 5.56 Å². The minimum Gasteiger partial charge on any atom is -0.243 e. The van der Waals surface area contributed by atoms with Gasteiger partial charge in [-0.2, -0.15) is 0 Å². The molecular weight excluding hydrogens is 293 g/mol. The molecule has 0 fully saturated rings. The number of hydrogen-bond donors (Lipinski definition) is 0. The van der Waals surface area contributed by atoms with Gasteiger partial charge in [0.15, 0.2) is 0 Å². The first-order valence-electron chi connectivity index (χ1n) is 2.73. The molecule has 0 saturated heterocycles. The molecule has 1 rings (SSSR count). The summed E-state index contributed by atoms with van der Waals surface area (Å²) in [6, 6.07) is 3.57. The molecule has 0 radical (unpaired) electrons. The molecule has 11 heavy (non-hydrogen) atoms. The van der Waals surface area contributed by atoms with Crippen molar-refractivity contribution in [2.24, 2.45) is 0 Å². The van der Waals surface area contributed by atoms with Gasteiger partial charge < -0.3 is 0 Å². The maximum atomic E-state index is 5.58. The van der Waals surface area contributed by atoms with Crippen molar-refractivity contribution < 1.29 is 0 Å². The van der Waals surface area contributed by atoms with Crippen molar-refractivity contribution in [2.75, 3.05) is 0 Å². The predicted molar refractivity (Wildman–Crippen MR) is 57.7 cm³/mol. The third-order valence-electron chi connectivity index (χ3n) is 0.961. The third kappa shape index (κ3) is 3.32. The molecule has 0 aromatic carbocycles. The Balaban J connectivity index is 2.82. The summed E-state index contributed by atoms with van der Waals surface area (Å²) in [5.74, 6) is 2.91. The zero-order valence-electron chi connectivity index (χ0n) is 5.34. The number of rotatable bonds is 0. The molecule has 0 aliphatic rings. The summed E-state index contributed by atoms with van der Waals surface area (Å²) < 4.78 is 0. The fourth-order valence-electron chi connectivity index (χ4n) is 0.528. The first-order valence-corrected chi connectivity index (χ1v) is 6.47. The minimum atomic E-state index is 0.498. The third-order valence-corrected chi connectivity index (χ3v) is 2.02. The zero-order chi connectivity index (χ0) is 8.10. The van der Waals surface area contributed by atoms with E-state index in [1.165, 1.54) is 8.93 Å². The van der Waals surface area contributed by atoms with Gasteiger partial charge in [0.2, 0.25) is 0 Å². The Morgan fingerprint density at radius 3 is 2.91 bits per heavy atom. The predicted octanol–water partition coefficient (Wildman–Crippen LogP) is 3.13. The lowest BCUT2D eigenvalue weighted by Gasteiger charge is -1.87. The molecule has 0 aliphatic carbocycles. The van der Waals surface area contributed by atoms with Crippen LogP contribution in [0.4, 0.5) is 0 Å². The van der Waals surface area contributed by atoms with Gasteiger partial charge >= 0.3 is 0 Å². The number of halogens is 2. The van der Waals surface area contributed by atoms with Gasteiger partial charge in [0.1, 0.15) is 5.15 Å². The highest BCUT2D eigenvalue weighted by Crippen LogP contribution is 2.08. The van der Waals surface area contributed by atoms with Crippen LogP contribution in [-0.2, 0) is 0 Å². The summed E-state index contributed by atoms with van der Waals surface area (Å²) in [5.41, 5.74) is 0.888. The number of nitrogens with zero attached hydrogens (tertiary/aromatic N) is 1. The fourth-order valence-corrected chi connectivity index (χ4v) is 1.13. The molecule has 0 bridgehead atoms. The standard InChI is InChI=1S/C7H3ClINS/c8-7-2-1-6(5-10-7)3-4-11-9/h1-2,5H. The summed E-state index contributed by atoms with van der Waals surface area (Å²) in [5, 5.41) is 3.35. The van der Waals surface area contributed by atoms with Crippen molar-refractivity contribution in [2.45, 2.75) is 0 Å². The Kier molecular flexibility index (Phi) is 4.05. The van der Waals surface area contributed by atoms with Crippen LogP contribution in [-0.4, -0.2) is 4.98 Å². The lowest BCUT2D eigenvalue weighted by molar-refractivity contribution is 1.31. The molecule has 1 aromatic heterocycles. The molecule has 1 heterocycles. The van der Waals surface area contributed by atoms with Crippen molar-refractivity contribution >= 4 is 41.7 Å². The largest absolute Gasteiger partial charge is 0.243 e. The second kappa shape index (κ2) is 4.86. The SMILES string of the molecule is Clc1ccc(C#CSI)cn1. The van der Waals surface area contributed by atoms with Crippen LogP contribution in [0.1, 0.15) is 5.56 Å². The lowest BCUT2D eigenvalue weighted by atomic mass is 10.3. The molecule has 0 atom stereocenters. The van der Waals surface area contributed by atoms with E-state index in [1.54, 1.807) is 12.3 Å².